The van der Waals surface area contributed by atoms with Gasteiger partial charge in [-0.1, -0.05) is 33.1 Å². The van der Waals surface area contributed by atoms with Gasteiger partial charge in [-0.2, -0.15) is 0 Å². The Morgan fingerprint density at radius 1 is 1.11 bits per heavy atom. The highest BCUT2D eigenvalue weighted by atomic mass is 35.5. The lowest BCUT2D eigenvalue weighted by atomic mass is 9.81. The summed E-state index contributed by atoms with van der Waals surface area (Å²) in [6, 6.07) is 0. The minimum Gasteiger partial charge on any atom is -0.301 e. The van der Waals surface area contributed by atoms with Crippen LogP contribution in [0.5, 0.6) is 0 Å². The fourth-order valence-electron chi connectivity index (χ4n) is 2.98. The van der Waals surface area contributed by atoms with Crippen molar-refractivity contribution in [1.82, 2.24) is 14.8 Å². The molecule has 2 rings (SSSR count). The highest BCUT2D eigenvalue weighted by Gasteiger charge is 2.22. The zero-order valence-corrected chi connectivity index (χ0v) is 12.3. The second-order valence-corrected chi connectivity index (χ2v) is 5.88. The summed E-state index contributed by atoms with van der Waals surface area (Å²) in [7, 11) is 0. The lowest BCUT2D eigenvalue weighted by molar-refractivity contribution is 0.246. The van der Waals surface area contributed by atoms with E-state index in [1.807, 2.05) is 0 Å². The molecule has 1 aliphatic carbocycles. The summed E-state index contributed by atoms with van der Waals surface area (Å²) in [4.78, 5) is 0. The second kappa shape index (κ2) is 6.55. The third-order valence-electron chi connectivity index (χ3n) is 4.24. The zero-order chi connectivity index (χ0) is 13.0. The van der Waals surface area contributed by atoms with Crippen molar-refractivity contribution in [1.29, 1.82) is 0 Å². The van der Waals surface area contributed by atoms with Crippen LogP contribution in [0.15, 0.2) is 0 Å². The van der Waals surface area contributed by atoms with Crippen LogP contribution in [0.25, 0.3) is 0 Å². The van der Waals surface area contributed by atoms with Gasteiger partial charge in [0.25, 0.3) is 0 Å². The van der Waals surface area contributed by atoms with Gasteiger partial charge < -0.3 is 4.57 Å². The van der Waals surface area contributed by atoms with Gasteiger partial charge in [0.1, 0.15) is 5.82 Å². The normalized spacial score (nSPS) is 24.4. The number of nitrogens with zero attached hydrogens (tertiary/aromatic N) is 3. The molecule has 0 saturated heterocycles. The van der Waals surface area contributed by atoms with Crippen molar-refractivity contribution in [3.63, 3.8) is 0 Å². The topological polar surface area (TPSA) is 30.7 Å². The number of hydrogen-bond acceptors (Lipinski definition) is 2. The SMILES string of the molecule is CCCc1nnc(Cl)n1CC1CCC(CC)CC1. The Balaban J connectivity index is 1.95. The van der Waals surface area contributed by atoms with Crippen LogP contribution in [0.2, 0.25) is 5.28 Å². The van der Waals surface area contributed by atoms with E-state index in [1.165, 1.54) is 32.1 Å². The van der Waals surface area contributed by atoms with Gasteiger partial charge >= 0.3 is 0 Å². The molecule has 0 aromatic carbocycles. The maximum atomic E-state index is 6.15. The van der Waals surface area contributed by atoms with E-state index in [2.05, 4.69) is 28.6 Å². The van der Waals surface area contributed by atoms with Crippen LogP contribution >= 0.6 is 11.6 Å². The first-order valence-electron chi connectivity index (χ1n) is 7.32. The van der Waals surface area contributed by atoms with Crippen LogP contribution in [0.4, 0.5) is 0 Å². The number of aryl methyl sites for hydroxylation is 1. The van der Waals surface area contributed by atoms with Gasteiger partial charge in [-0.3, -0.25) is 0 Å². The second-order valence-electron chi connectivity index (χ2n) is 5.54. The summed E-state index contributed by atoms with van der Waals surface area (Å²) in [5, 5.41) is 8.76. The van der Waals surface area contributed by atoms with Crippen molar-refractivity contribution < 1.29 is 0 Å². The van der Waals surface area contributed by atoms with E-state index in [0.29, 0.717) is 5.28 Å². The molecule has 1 aliphatic rings. The summed E-state index contributed by atoms with van der Waals surface area (Å²) in [6.45, 7) is 5.48. The van der Waals surface area contributed by atoms with E-state index < -0.39 is 0 Å². The largest absolute Gasteiger partial charge is 0.301 e. The van der Waals surface area contributed by atoms with Crippen LogP contribution in [-0.4, -0.2) is 14.8 Å². The average molecular weight is 270 g/mol. The Morgan fingerprint density at radius 3 is 2.39 bits per heavy atom. The maximum absolute atomic E-state index is 6.15. The minimum absolute atomic E-state index is 0.566. The van der Waals surface area contributed by atoms with Crippen molar-refractivity contribution in [2.45, 2.75) is 65.3 Å². The standard InChI is InChI=1S/C14H24ClN3/c1-3-5-13-16-17-14(15)18(13)10-12-8-6-11(4-2)7-9-12/h11-12H,3-10H2,1-2H3. The fraction of sp³-hybridized carbons (Fsp3) is 0.857. The van der Waals surface area contributed by atoms with Gasteiger partial charge in [0, 0.05) is 13.0 Å². The Hall–Kier alpha value is -0.570. The Labute approximate surface area is 115 Å². The predicted molar refractivity (Wildman–Crippen MR) is 74.8 cm³/mol. The molecule has 3 nitrogen and oxygen atoms in total. The minimum atomic E-state index is 0.566. The maximum Gasteiger partial charge on any atom is 0.225 e. The van der Waals surface area contributed by atoms with Crippen LogP contribution in [0.3, 0.4) is 0 Å². The fourth-order valence-corrected chi connectivity index (χ4v) is 3.19. The third-order valence-corrected chi connectivity index (χ3v) is 4.52. The number of aromatic nitrogens is 3. The Morgan fingerprint density at radius 2 is 1.78 bits per heavy atom. The van der Waals surface area contributed by atoms with E-state index in [0.717, 1.165) is 37.0 Å². The van der Waals surface area contributed by atoms with Gasteiger partial charge in [-0.05, 0) is 42.7 Å². The van der Waals surface area contributed by atoms with Crippen molar-refractivity contribution in [2.24, 2.45) is 11.8 Å². The molecule has 0 atom stereocenters. The molecule has 0 spiro atoms. The lowest BCUT2D eigenvalue weighted by Gasteiger charge is -2.28. The lowest BCUT2D eigenvalue weighted by Crippen LogP contribution is -2.20. The average Bonchev–Trinajstić information content (AvgIpc) is 2.73. The summed E-state index contributed by atoms with van der Waals surface area (Å²) >= 11 is 6.15. The predicted octanol–water partition coefficient (Wildman–Crippen LogP) is 4.10. The molecule has 4 heteroatoms. The number of halogens is 1. The van der Waals surface area contributed by atoms with Crippen molar-refractivity contribution in [3.8, 4) is 0 Å². The molecule has 1 saturated carbocycles. The summed E-state index contributed by atoms with van der Waals surface area (Å²) in [5.41, 5.74) is 0. The zero-order valence-electron chi connectivity index (χ0n) is 11.5. The van der Waals surface area contributed by atoms with Crippen molar-refractivity contribution in [2.75, 3.05) is 0 Å². The summed E-state index contributed by atoms with van der Waals surface area (Å²) < 4.78 is 2.13. The molecular weight excluding hydrogens is 246 g/mol. The molecule has 0 unspecified atom stereocenters. The smallest absolute Gasteiger partial charge is 0.225 e. The van der Waals surface area contributed by atoms with Gasteiger partial charge in [-0.15, -0.1) is 10.2 Å². The van der Waals surface area contributed by atoms with E-state index in [1.54, 1.807) is 0 Å². The van der Waals surface area contributed by atoms with E-state index in [9.17, 15) is 0 Å². The molecule has 0 N–H and O–H groups in total. The molecule has 102 valence electrons. The molecule has 1 aromatic heterocycles. The summed E-state index contributed by atoms with van der Waals surface area (Å²) in [6.07, 6.45) is 8.83. The molecule has 18 heavy (non-hydrogen) atoms. The molecular formula is C14H24ClN3. The molecule has 0 aliphatic heterocycles. The van der Waals surface area contributed by atoms with Crippen LogP contribution in [0, 0.1) is 11.8 Å². The van der Waals surface area contributed by atoms with Gasteiger partial charge in [0.15, 0.2) is 0 Å². The number of hydrogen-bond donors (Lipinski definition) is 0. The van der Waals surface area contributed by atoms with Crippen LogP contribution in [0.1, 0.15) is 58.2 Å². The van der Waals surface area contributed by atoms with E-state index in [4.69, 9.17) is 11.6 Å². The van der Waals surface area contributed by atoms with Gasteiger partial charge in [0.05, 0.1) is 0 Å². The highest BCUT2D eigenvalue weighted by molar-refractivity contribution is 6.28. The number of rotatable bonds is 5. The quantitative estimate of drug-likeness (QED) is 0.806. The monoisotopic (exact) mass is 269 g/mol. The van der Waals surface area contributed by atoms with E-state index >= 15 is 0 Å². The van der Waals surface area contributed by atoms with Crippen molar-refractivity contribution >= 4 is 11.6 Å². The summed E-state index contributed by atoms with van der Waals surface area (Å²) in [5.74, 6) is 2.77. The first-order chi connectivity index (χ1) is 8.74. The van der Waals surface area contributed by atoms with Crippen LogP contribution < -0.4 is 0 Å². The Kier molecular flexibility index (Phi) is 5.04. The molecule has 1 fully saturated rings. The van der Waals surface area contributed by atoms with E-state index in [-0.39, 0.29) is 0 Å². The van der Waals surface area contributed by atoms with Gasteiger partial charge in [0.2, 0.25) is 5.28 Å². The van der Waals surface area contributed by atoms with Crippen LogP contribution in [-0.2, 0) is 13.0 Å². The molecule has 0 amide bonds. The first-order valence-corrected chi connectivity index (χ1v) is 7.69. The van der Waals surface area contributed by atoms with Gasteiger partial charge in [-0.25, -0.2) is 0 Å². The third kappa shape index (κ3) is 3.25. The molecule has 1 heterocycles. The highest BCUT2D eigenvalue weighted by Crippen LogP contribution is 2.32. The molecule has 0 bridgehead atoms. The van der Waals surface area contributed by atoms with Crippen molar-refractivity contribution in [3.05, 3.63) is 11.1 Å². The molecule has 1 aromatic rings. The first kappa shape index (κ1) is 13.9. The Bertz CT molecular complexity index is 367. The molecule has 0 radical (unpaired) electrons.